The molecule has 0 saturated heterocycles. The van der Waals surface area contributed by atoms with E-state index in [0.29, 0.717) is 33.1 Å². The van der Waals surface area contributed by atoms with Crippen LogP contribution in [0.3, 0.4) is 0 Å². The van der Waals surface area contributed by atoms with E-state index in [1.54, 1.807) is 36.7 Å². The molecule has 0 bridgehead atoms. The molecule has 0 spiro atoms. The van der Waals surface area contributed by atoms with Gasteiger partial charge in [0.1, 0.15) is 17.9 Å². The summed E-state index contributed by atoms with van der Waals surface area (Å²) in [7, 11) is 3.18. The molecule has 1 aromatic heterocycles. The van der Waals surface area contributed by atoms with Gasteiger partial charge in [-0.3, -0.25) is 9.59 Å². The van der Waals surface area contributed by atoms with Crippen LogP contribution in [0, 0.1) is 6.92 Å². The van der Waals surface area contributed by atoms with Gasteiger partial charge in [0.05, 0.1) is 27.2 Å². The molecule has 7 nitrogen and oxygen atoms in total. The summed E-state index contributed by atoms with van der Waals surface area (Å²) < 4.78 is 47.6. The zero-order valence-electron chi connectivity index (χ0n) is 20.3. The number of halogens is 5. The van der Waals surface area contributed by atoms with E-state index in [2.05, 4.69) is 15.6 Å². The third kappa shape index (κ3) is 5.33. The maximum atomic E-state index is 13.6. The van der Waals surface area contributed by atoms with E-state index in [1.165, 1.54) is 25.3 Å². The Morgan fingerprint density at radius 3 is 2.39 bits per heavy atom. The Kier molecular flexibility index (Phi) is 7.68. The molecular weight excluding hydrogens is 544 g/mol. The Bertz CT molecular complexity index is 1570. The van der Waals surface area contributed by atoms with E-state index >= 15 is 0 Å². The number of nitrogens with one attached hydrogen (secondary N) is 2. The average Bonchev–Trinajstić information content (AvgIpc) is 3.16. The predicted octanol–water partition coefficient (Wildman–Crippen LogP) is 6.86. The van der Waals surface area contributed by atoms with E-state index in [-0.39, 0.29) is 22.9 Å². The number of hydrogen-bond donors (Lipinski definition) is 2. The lowest BCUT2D eigenvalue weighted by Crippen LogP contribution is -2.20. The minimum Gasteiger partial charge on any atom is -0.377 e. The monoisotopic (exact) mass is 564 g/mol. The maximum Gasteiger partial charge on any atom is 0.417 e. The van der Waals surface area contributed by atoms with E-state index in [4.69, 9.17) is 27.9 Å². The van der Waals surface area contributed by atoms with Crippen LogP contribution in [-0.4, -0.2) is 28.5 Å². The fourth-order valence-electron chi connectivity index (χ4n) is 3.96. The number of imidazole rings is 1. The van der Waals surface area contributed by atoms with Gasteiger partial charge in [-0.25, -0.2) is 4.98 Å². The van der Waals surface area contributed by atoms with Crippen LogP contribution in [0.15, 0.2) is 48.5 Å². The van der Waals surface area contributed by atoms with Crippen molar-refractivity contribution in [1.82, 2.24) is 9.55 Å². The molecule has 4 aromatic rings. The molecule has 0 aliphatic carbocycles. The van der Waals surface area contributed by atoms with Gasteiger partial charge in [0.2, 0.25) is 0 Å². The molecule has 3 aromatic carbocycles. The number of aryl methyl sites for hydroxylation is 1. The third-order valence-corrected chi connectivity index (χ3v) is 6.64. The number of nitrogens with zero attached hydrogens (tertiary/aromatic N) is 2. The van der Waals surface area contributed by atoms with Crippen molar-refractivity contribution in [3.05, 3.63) is 86.7 Å². The summed E-state index contributed by atoms with van der Waals surface area (Å²) in [4.78, 5) is 30.9. The number of fused-ring (bicyclic) bond motifs is 1. The molecule has 2 N–H and O–H groups in total. The van der Waals surface area contributed by atoms with Gasteiger partial charge in [-0.15, -0.1) is 0 Å². The van der Waals surface area contributed by atoms with Gasteiger partial charge in [-0.05, 0) is 48.9 Å². The number of carbonyl (C=O) groups is 2. The van der Waals surface area contributed by atoms with Gasteiger partial charge in [0, 0.05) is 30.6 Å². The second-order valence-electron chi connectivity index (χ2n) is 8.39. The zero-order valence-corrected chi connectivity index (χ0v) is 21.8. The van der Waals surface area contributed by atoms with Crippen molar-refractivity contribution < 1.29 is 27.5 Å². The van der Waals surface area contributed by atoms with Crippen LogP contribution in [-0.2, 0) is 24.6 Å². The number of alkyl halides is 3. The Morgan fingerprint density at radius 2 is 1.71 bits per heavy atom. The highest BCUT2D eigenvalue weighted by Crippen LogP contribution is 2.36. The number of hydrogen-bond acceptors (Lipinski definition) is 4. The first-order chi connectivity index (χ1) is 17.9. The Hall–Kier alpha value is -3.60. The second-order valence-corrected chi connectivity index (χ2v) is 9.21. The van der Waals surface area contributed by atoms with Crippen molar-refractivity contribution in [1.29, 1.82) is 0 Å². The fraction of sp³-hybridized carbons (Fsp3) is 0.192. The van der Waals surface area contributed by atoms with Crippen LogP contribution in [0.25, 0.3) is 11.0 Å². The number of ether oxygens (including phenoxy) is 1. The van der Waals surface area contributed by atoms with Crippen LogP contribution >= 0.6 is 23.2 Å². The lowest BCUT2D eigenvalue weighted by molar-refractivity contribution is -0.137. The molecule has 0 fully saturated rings. The maximum absolute atomic E-state index is 13.6. The van der Waals surface area contributed by atoms with E-state index in [1.807, 2.05) is 0 Å². The summed E-state index contributed by atoms with van der Waals surface area (Å²) in [6, 6.07) is 11.0. The van der Waals surface area contributed by atoms with Crippen molar-refractivity contribution in [3.63, 3.8) is 0 Å². The molecule has 0 aliphatic rings. The number of anilines is 2. The Balaban J connectivity index is 1.81. The first-order valence-corrected chi connectivity index (χ1v) is 11.9. The predicted molar refractivity (Wildman–Crippen MR) is 140 cm³/mol. The smallest absolute Gasteiger partial charge is 0.377 e. The first-order valence-electron chi connectivity index (χ1n) is 11.1. The van der Waals surface area contributed by atoms with Crippen LogP contribution in [0.4, 0.5) is 24.5 Å². The van der Waals surface area contributed by atoms with Crippen molar-refractivity contribution >= 4 is 57.4 Å². The highest BCUT2D eigenvalue weighted by Gasteiger charge is 2.36. The standard InChI is InChI=1S/C26H21Cl2F3N4O3/c1-13-17(27)7-5-9-19(13)33-24(36)15-10-14(11-20-23(15)34-21(12-38-3)35(20)2)32-25(37)22-16(26(29,30)31)6-4-8-18(22)28/h4-11H,12H2,1-3H3,(H,32,37)(H,33,36). The molecule has 0 aliphatic heterocycles. The lowest BCUT2D eigenvalue weighted by Gasteiger charge is -2.15. The molecule has 0 saturated carbocycles. The van der Waals surface area contributed by atoms with Crippen LogP contribution in [0.5, 0.6) is 0 Å². The number of rotatable bonds is 6. The summed E-state index contributed by atoms with van der Waals surface area (Å²) in [5, 5.41) is 5.33. The number of methoxy groups -OCH3 is 1. The van der Waals surface area contributed by atoms with Crippen molar-refractivity contribution in [2.75, 3.05) is 17.7 Å². The van der Waals surface area contributed by atoms with Crippen molar-refractivity contribution in [2.45, 2.75) is 19.7 Å². The summed E-state index contributed by atoms with van der Waals surface area (Å²) in [5.41, 5.74) is 0.0855. The van der Waals surface area contributed by atoms with Gasteiger partial charge >= 0.3 is 6.18 Å². The van der Waals surface area contributed by atoms with Crippen molar-refractivity contribution in [2.24, 2.45) is 7.05 Å². The van der Waals surface area contributed by atoms with Gasteiger partial charge in [0.25, 0.3) is 11.8 Å². The summed E-state index contributed by atoms with van der Waals surface area (Å²) in [5.74, 6) is -1.16. The molecule has 4 rings (SSSR count). The molecule has 12 heteroatoms. The summed E-state index contributed by atoms with van der Waals surface area (Å²) in [6.07, 6.45) is -4.81. The Morgan fingerprint density at radius 1 is 1.03 bits per heavy atom. The Labute approximate surface area is 225 Å². The second kappa shape index (κ2) is 10.6. The highest BCUT2D eigenvalue weighted by atomic mass is 35.5. The number of carbonyl (C=O) groups excluding carboxylic acids is 2. The minimum absolute atomic E-state index is 0.0653. The number of aromatic nitrogens is 2. The quantitative estimate of drug-likeness (QED) is 0.268. The lowest BCUT2D eigenvalue weighted by atomic mass is 10.1. The van der Waals surface area contributed by atoms with Crippen LogP contribution in [0.2, 0.25) is 10.0 Å². The molecule has 2 amide bonds. The van der Waals surface area contributed by atoms with Gasteiger partial charge in [-0.2, -0.15) is 13.2 Å². The SMILES string of the molecule is COCc1nc2c(C(=O)Nc3cccc(Cl)c3C)cc(NC(=O)c3c(Cl)cccc3C(F)(F)F)cc2n1C. The van der Waals surface area contributed by atoms with Crippen molar-refractivity contribution in [3.8, 4) is 0 Å². The normalized spacial score (nSPS) is 11.6. The van der Waals surface area contributed by atoms with Gasteiger partial charge in [-0.1, -0.05) is 35.3 Å². The van der Waals surface area contributed by atoms with E-state index < -0.39 is 29.1 Å². The molecule has 1 heterocycles. The number of benzene rings is 3. The number of amides is 2. The zero-order chi connectivity index (χ0) is 27.8. The van der Waals surface area contributed by atoms with Crippen LogP contribution < -0.4 is 10.6 Å². The minimum atomic E-state index is -4.81. The largest absolute Gasteiger partial charge is 0.417 e. The molecule has 0 radical (unpaired) electrons. The topological polar surface area (TPSA) is 85.2 Å². The summed E-state index contributed by atoms with van der Waals surface area (Å²) >= 11 is 12.2. The average molecular weight is 565 g/mol. The molecule has 0 atom stereocenters. The molecule has 198 valence electrons. The van der Waals surface area contributed by atoms with E-state index in [9.17, 15) is 22.8 Å². The third-order valence-electron chi connectivity index (χ3n) is 5.92. The van der Waals surface area contributed by atoms with Crippen LogP contribution in [0.1, 0.15) is 37.7 Å². The first kappa shape index (κ1) is 27.4. The highest BCUT2D eigenvalue weighted by molar-refractivity contribution is 6.34. The van der Waals surface area contributed by atoms with Gasteiger partial charge in [0.15, 0.2) is 0 Å². The van der Waals surface area contributed by atoms with Gasteiger partial charge < -0.3 is 19.9 Å². The molecular formula is C26H21Cl2F3N4O3. The molecule has 0 unspecified atom stereocenters. The summed E-state index contributed by atoms with van der Waals surface area (Å²) in [6.45, 7) is 1.87. The van der Waals surface area contributed by atoms with E-state index in [0.717, 1.165) is 12.1 Å². The molecule has 38 heavy (non-hydrogen) atoms. The fourth-order valence-corrected chi connectivity index (χ4v) is 4.39.